The van der Waals surface area contributed by atoms with Crippen molar-refractivity contribution in [1.29, 1.82) is 0 Å². The minimum absolute atomic E-state index is 0.117. The zero-order chi connectivity index (χ0) is 14.7. The summed E-state index contributed by atoms with van der Waals surface area (Å²) >= 11 is 0. The van der Waals surface area contributed by atoms with Gasteiger partial charge in [-0.3, -0.25) is 0 Å². The summed E-state index contributed by atoms with van der Waals surface area (Å²) in [7, 11) is -3.53. The van der Waals surface area contributed by atoms with Crippen LogP contribution in [0.15, 0.2) is 23.1 Å². The Morgan fingerprint density at radius 3 is 2.37 bits per heavy atom. The van der Waals surface area contributed by atoms with Crippen molar-refractivity contribution in [3.8, 4) is 0 Å². The van der Waals surface area contributed by atoms with Gasteiger partial charge in [-0.25, -0.2) is 13.1 Å². The first kappa shape index (κ1) is 16.1. The van der Waals surface area contributed by atoms with Crippen LogP contribution in [-0.4, -0.2) is 20.1 Å². The lowest BCUT2D eigenvalue weighted by Gasteiger charge is -2.19. The molecule has 4 nitrogen and oxygen atoms in total. The van der Waals surface area contributed by atoms with Crippen LogP contribution in [0.5, 0.6) is 0 Å². The third-order valence-electron chi connectivity index (χ3n) is 2.78. The second kappa shape index (κ2) is 6.03. The summed E-state index contributed by atoms with van der Waals surface area (Å²) in [5.41, 5.74) is 1.25. The SMILES string of the molecule is CCc1ccc(CO)cc1S(=O)(=O)NCC(C)(C)C. The number of benzene rings is 1. The van der Waals surface area contributed by atoms with E-state index in [0.717, 1.165) is 5.56 Å². The Labute approximate surface area is 115 Å². The number of hydrogen-bond donors (Lipinski definition) is 2. The van der Waals surface area contributed by atoms with Crippen molar-refractivity contribution in [2.45, 2.75) is 45.6 Å². The van der Waals surface area contributed by atoms with Gasteiger partial charge in [0.1, 0.15) is 0 Å². The quantitative estimate of drug-likeness (QED) is 0.870. The van der Waals surface area contributed by atoms with E-state index in [1.165, 1.54) is 0 Å². The van der Waals surface area contributed by atoms with Gasteiger partial charge >= 0.3 is 0 Å². The summed E-state index contributed by atoms with van der Waals surface area (Å²) in [4.78, 5) is 0.269. The standard InChI is InChI=1S/C14H23NO3S/c1-5-12-7-6-11(9-16)8-13(12)19(17,18)15-10-14(2,3)4/h6-8,15-16H,5,9-10H2,1-4H3. The van der Waals surface area contributed by atoms with E-state index in [9.17, 15) is 8.42 Å². The third-order valence-corrected chi connectivity index (χ3v) is 4.26. The average Bonchev–Trinajstić information content (AvgIpc) is 2.35. The number of aryl methyl sites for hydroxylation is 1. The van der Waals surface area contributed by atoms with Crippen molar-refractivity contribution in [1.82, 2.24) is 4.72 Å². The number of aliphatic hydroxyl groups is 1. The molecule has 0 saturated carbocycles. The van der Waals surface area contributed by atoms with Crippen LogP contribution in [0.3, 0.4) is 0 Å². The minimum Gasteiger partial charge on any atom is -0.392 e. The van der Waals surface area contributed by atoms with Crippen LogP contribution in [-0.2, 0) is 23.1 Å². The predicted molar refractivity (Wildman–Crippen MR) is 76.4 cm³/mol. The van der Waals surface area contributed by atoms with Gasteiger partial charge in [-0.1, -0.05) is 39.8 Å². The Bertz CT molecular complexity index is 530. The van der Waals surface area contributed by atoms with Crippen LogP contribution < -0.4 is 4.72 Å². The molecular weight excluding hydrogens is 262 g/mol. The molecule has 0 spiro atoms. The summed E-state index contributed by atoms with van der Waals surface area (Å²) in [5, 5.41) is 9.14. The Hall–Kier alpha value is -0.910. The van der Waals surface area contributed by atoms with Gasteiger partial charge in [0, 0.05) is 6.54 Å². The summed E-state index contributed by atoms with van der Waals surface area (Å²) in [6.07, 6.45) is 0.636. The fraction of sp³-hybridized carbons (Fsp3) is 0.571. The molecular formula is C14H23NO3S. The normalized spacial score (nSPS) is 12.7. The lowest BCUT2D eigenvalue weighted by molar-refractivity contribution is 0.281. The molecule has 1 aromatic carbocycles. The highest BCUT2D eigenvalue weighted by atomic mass is 32.2. The highest BCUT2D eigenvalue weighted by molar-refractivity contribution is 7.89. The van der Waals surface area contributed by atoms with E-state index in [-0.39, 0.29) is 16.9 Å². The molecule has 0 atom stereocenters. The molecule has 2 N–H and O–H groups in total. The number of sulfonamides is 1. The summed E-state index contributed by atoms with van der Waals surface area (Å²) in [6, 6.07) is 5.06. The zero-order valence-electron chi connectivity index (χ0n) is 12.0. The van der Waals surface area contributed by atoms with Gasteiger partial charge in [0.25, 0.3) is 0 Å². The van der Waals surface area contributed by atoms with Crippen molar-refractivity contribution < 1.29 is 13.5 Å². The highest BCUT2D eigenvalue weighted by Gasteiger charge is 2.21. The van der Waals surface area contributed by atoms with E-state index >= 15 is 0 Å². The number of nitrogens with one attached hydrogen (secondary N) is 1. The van der Waals surface area contributed by atoms with Crippen molar-refractivity contribution in [2.24, 2.45) is 5.41 Å². The van der Waals surface area contributed by atoms with Crippen molar-refractivity contribution >= 4 is 10.0 Å². The van der Waals surface area contributed by atoms with Gasteiger partial charge in [0.15, 0.2) is 0 Å². The van der Waals surface area contributed by atoms with Gasteiger partial charge in [0.2, 0.25) is 10.0 Å². The average molecular weight is 285 g/mol. The maximum atomic E-state index is 12.3. The Balaban J connectivity index is 3.12. The van der Waals surface area contributed by atoms with Crippen LogP contribution in [0.2, 0.25) is 0 Å². The molecule has 19 heavy (non-hydrogen) atoms. The van der Waals surface area contributed by atoms with Gasteiger partial charge in [-0.2, -0.15) is 0 Å². The molecule has 108 valence electrons. The lowest BCUT2D eigenvalue weighted by atomic mass is 9.98. The summed E-state index contributed by atoms with van der Waals surface area (Å²) in [5.74, 6) is 0. The fourth-order valence-corrected chi connectivity index (χ4v) is 3.27. The molecule has 0 bridgehead atoms. The van der Waals surface area contributed by atoms with E-state index in [4.69, 9.17) is 5.11 Å². The predicted octanol–water partition coefficient (Wildman–Crippen LogP) is 2.07. The van der Waals surface area contributed by atoms with Crippen molar-refractivity contribution in [3.63, 3.8) is 0 Å². The number of rotatable bonds is 5. The Morgan fingerprint density at radius 2 is 1.89 bits per heavy atom. The molecule has 5 heteroatoms. The van der Waals surface area contributed by atoms with Gasteiger partial charge in [-0.15, -0.1) is 0 Å². The first-order chi connectivity index (χ1) is 8.69. The molecule has 0 radical (unpaired) electrons. The molecule has 0 aromatic heterocycles. The number of aliphatic hydroxyl groups excluding tert-OH is 1. The molecule has 0 fully saturated rings. The fourth-order valence-electron chi connectivity index (χ4n) is 1.63. The van der Waals surface area contributed by atoms with E-state index in [2.05, 4.69) is 4.72 Å². The van der Waals surface area contributed by atoms with E-state index in [1.54, 1.807) is 18.2 Å². The molecule has 1 aromatic rings. The maximum Gasteiger partial charge on any atom is 0.240 e. The van der Waals surface area contributed by atoms with Crippen LogP contribution >= 0.6 is 0 Å². The minimum atomic E-state index is -3.53. The Kier molecular flexibility index (Phi) is 5.12. The third kappa shape index (κ3) is 4.60. The molecule has 0 unspecified atom stereocenters. The highest BCUT2D eigenvalue weighted by Crippen LogP contribution is 2.20. The monoisotopic (exact) mass is 285 g/mol. The zero-order valence-corrected chi connectivity index (χ0v) is 12.8. The molecule has 0 aliphatic rings. The summed E-state index contributed by atoms with van der Waals surface area (Å²) in [6.45, 7) is 8.05. The second-order valence-corrected chi connectivity index (χ2v) is 7.57. The summed E-state index contributed by atoms with van der Waals surface area (Å²) < 4.78 is 27.3. The van der Waals surface area contributed by atoms with Crippen LogP contribution in [0.1, 0.15) is 38.8 Å². The van der Waals surface area contributed by atoms with Crippen LogP contribution in [0, 0.1) is 5.41 Å². The second-order valence-electron chi connectivity index (χ2n) is 5.84. The molecule has 0 aliphatic carbocycles. The first-order valence-corrected chi connectivity index (χ1v) is 7.90. The Morgan fingerprint density at radius 1 is 1.26 bits per heavy atom. The van der Waals surface area contributed by atoms with E-state index in [1.807, 2.05) is 27.7 Å². The molecule has 0 saturated heterocycles. The molecule has 0 amide bonds. The molecule has 0 heterocycles. The van der Waals surface area contributed by atoms with Crippen LogP contribution in [0.4, 0.5) is 0 Å². The van der Waals surface area contributed by atoms with Crippen molar-refractivity contribution in [2.75, 3.05) is 6.54 Å². The number of hydrogen-bond acceptors (Lipinski definition) is 3. The van der Waals surface area contributed by atoms with Crippen LogP contribution in [0.25, 0.3) is 0 Å². The molecule has 0 aliphatic heterocycles. The largest absolute Gasteiger partial charge is 0.392 e. The van der Waals surface area contributed by atoms with Gasteiger partial charge < -0.3 is 5.11 Å². The van der Waals surface area contributed by atoms with Gasteiger partial charge in [0.05, 0.1) is 11.5 Å². The van der Waals surface area contributed by atoms with E-state index in [0.29, 0.717) is 18.5 Å². The first-order valence-electron chi connectivity index (χ1n) is 6.42. The van der Waals surface area contributed by atoms with Gasteiger partial charge in [-0.05, 0) is 29.0 Å². The topological polar surface area (TPSA) is 66.4 Å². The maximum absolute atomic E-state index is 12.3. The smallest absolute Gasteiger partial charge is 0.240 e. The van der Waals surface area contributed by atoms with E-state index < -0.39 is 10.0 Å². The molecule has 1 rings (SSSR count). The van der Waals surface area contributed by atoms with Crippen molar-refractivity contribution in [3.05, 3.63) is 29.3 Å². The lowest BCUT2D eigenvalue weighted by Crippen LogP contribution is -2.32.